The molecule has 2 aliphatic rings. The zero-order valence-electron chi connectivity index (χ0n) is 21.9. The molecule has 0 aliphatic carbocycles. The molecule has 0 unspecified atom stereocenters. The van der Waals surface area contributed by atoms with Crippen molar-refractivity contribution < 1.29 is 27.5 Å². The lowest BCUT2D eigenvalue weighted by atomic mass is 10.0. The number of likely N-dealkylation sites (N-methyl/N-ethyl adjacent to an activating group) is 1. The van der Waals surface area contributed by atoms with Crippen LogP contribution in [0.5, 0.6) is 0 Å². The molecule has 1 aromatic carbocycles. The summed E-state index contributed by atoms with van der Waals surface area (Å²) in [6.07, 6.45) is 1.42. The number of ether oxygens (including phenoxy) is 1. The van der Waals surface area contributed by atoms with Crippen LogP contribution in [0.1, 0.15) is 64.8 Å². The molecule has 0 radical (unpaired) electrons. The molecule has 3 amide bonds. The lowest BCUT2D eigenvalue weighted by Crippen LogP contribution is -2.37. The van der Waals surface area contributed by atoms with E-state index in [1.54, 1.807) is 6.92 Å². The summed E-state index contributed by atoms with van der Waals surface area (Å²) in [5.74, 6) is -0.597. The third-order valence-corrected chi connectivity index (χ3v) is 10.1. The Bertz CT molecular complexity index is 1300. The average Bonchev–Trinajstić information content (AvgIpc) is 3.26. The summed E-state index contributed by atoms with van der Waals surface area (Å²) in [5, 5.41) is 5.40. The van der Waals surface area contributed by atoms with Gasteiger partial charge in [0, 0.05) is 36.6 Å². The first-order valence-corrected chi connectivity index (χ1v) is 15.2. The molecule has 0 spiro atoms. The van der Waals surface area contributed by atoms with E-state index in [1.165, 1.54) is 39.9 Å². The standard InChI is InChI=1S/C26H34N4O6S2/c1-4-29-13-12-20-21(16-29)37-25(22(20)24(32)28-26(33)36-5-2)27-23(31)18-6-8-19(9-7-18)38(34,35)30-14-10-17(3)11-15-30/h6-9,17H,4-5,10-16H2,1-3H3,(H,27,31)(H,28,32,33). The van der Waals surface area contributed by atoms with Crippen LogP contribution in [0.2, 0.25) is 0 Å². The molecule has 0 saturated carbocycles. The second-order valence-electron chi connectivity index (χ2n) is 9.57. The number of carbonyl (C=O) groups is 3. The molecule has 0 bridgehead atoms. The Morgan fingerprint density at radius 3 is 2.37 bits per heavy atom. The molecule has 38 heavy (non-hydrogen) atoms. The third kappa shape index (κ3) is 6.09. The molecule has 2 N–H and O–H groups in total. The highest BCUT2D eigenvalue weighted by Crippen LogP contribution is 2.37. The molecular weight excluding hydrogens is 528 g/mol. The van der Waals surface area contributed by atoms with Gasteiger partial charge in [0.05, 0.1) is 17.1 Å². The van der Waals surface area contributed by atoms with Crippen molar-refractivity contribution in [3.8, 4) is 0 Å². The number of nitrogens with zero attached hydrogens (tertiary/aromatic N) is 2. The number of imide groups is 1. The van der Waals surface area contributed by atoms with Crippen LogP contribution in [-0.2, 0) is 27.7 Å². The molecule has 3 heterocycles. The fourth-order valence-electron chi connectivity index (χ4n) is 4.70. The monoisotopic (exact) mass is 562 g/mol. The normalized spacial score (nSPS) is 17.0. The van der Waals surface area contributed by atoms with Gasteiger partial charge in [0.15, 0.2) is 0 Å². The number of carbonyl (C=O) groups excluding carboxylic acids is 3. The van der Waals surface area contributed by atoms with Crippen LogP contribution in [0.4, 0.5) is 9.80 Å². The van der Waals surface area contributed by atoms with Crippen molar-refractivity contribution in [3.63, 3.8) is 0 Å². The van der Waals surface area contributed by atoms with E-state index in [0.717, 1.165) is 36.4 Å². The summed E-state index contributed by atoms with van der Waals surface area (Å²) >= 11 is 1.31. The summed E-state index contributed by atoms with van der Waals surface area (Å²) in [5.41, 5.74) is 1.34. The molecule has 4 rings (SSSR count). The van der Waals surface area contributed by atoms with Gasteiger partial charge < -0.3 is 10.1 Å². The van der Waals surface area contributed by atoms with Crippen molar-refractivity contribution in [2.45, 2.75) is 51.5 Å². The van der Waals surface area contributed by atoms with Crippen LogP contribution in [0.3, 0.4) is 0 Å². The first-order valence-electron chi connectivity index (χ1n) is 12.9. The Morgan fingerprint density at radius 2 is 1.74 bits per heavy atom. The number of piperidine rings is 1. The van der Waals surface area contributed by atoms with Crippen molar-refractivity contribution in [1.29, 1.82) is 0 Å². The second kappa shape index (κ2) is 11.9. The fourth-order valence-corrected chi connectivity index (χ4v) is 7.46. The number of anilines is 1. The SMILES string of the molecule is CCOC(=O)NC(=O)c1c(NC(=O)c2ccc(S(=O)(=O)N3CCC(C)CC3)cc2)sc2c1CCN(CC)C2. The van der Waals surface area contributed by atoms with E-state index in [1.807, 2.05) is 0 Å². The molecule has 2 aliphatic heterocycles. The number of sulfonamides is 1. The van der Waals surface area contributed by atoms with Crippen molar-refractivity contribution in [2.75, 3.05) is 38.1 Å². The zero-order chi connectivity index (χ0) is 27.4. The highest BCUT2D eigenvalue weighted by atomic mass is 32.2. The predicted octanol–water partition coefficient (Wildman–Crippen LogP) is 3.69. The van der Waals surface area contributed by atoms with Gasteiger partial charge in [-0.1, -0.05) is 13.8 Å². The van der Waals surface area contributed by atoms with E-state index < -0.39 is 27.9 Å². The van der Waals surface area contributed by atoms with Crippen LogP contribution >= 0.6 is 11.3 Å². The van der Waals surface area contributed by atoms with Gasteiger partial charge in [-0.05, 0) is 68.5 Å². The lowest BCUT2D eigenvalue weighted by molar-refractivity contribution is 0.0924. The Labute approximate surface area is 227 Å². The minimum atomic E-state index is -3.63. The highest BCUT2D eigenvalue weighted by molar-refractivity contribution is 7.89. The summed E-state index contributed by atoms with van der Waals surface area (Å²) in [7, 11) is -3.63. The Balaban J connectivity index is 1.55. The molecule has 1 fully saturated rings. The van der Waals surface area contributed by atoms with Gasteiger partial charge in [-0.15, -0.1) is 11.3 Å². The maximum Gasteiger partial charge on any atom is 0.414 e. The quantitative estimate of drug-likeness (QED) is 0.527. The molecule has 0 atom stereocenters. The Hall–Kier alpha value is -2.80. The number of nitrogens with one attached hydrogen (secondary N) is 2. The number of thiophene rings is 1. The number of hydrogen-bond acceptors (Lipinski definition) is 8. The summed E-state index contributed by atoms with van der Waals surface area (Å²) in [6, 6.07) is 5.82. The van der Waals surface area contributed by atoms with Crippen LogP contribution in [0.15, 0.2) is 29.2 Å². The van der Waals surface area contributed by atoms with Gasteiger partial charge in [0.1, 0.15) is 5.00 Å². The van der Waals surface area contributed by atoms with E-state index in [4.69, 9.17) is 4.74 Å². The van der Waals surface area contributed by atoms with Crippen LogP contribution in [-0.4, -0.2) is 68.3 Å². The van der Waals surface area contributed by atoms with Gasteiger partial charge in [-0.2, -0.15) is 4.31 Å². The fraction of sp³-hybridized carbons (Fsp3) is 0.500. The third-order valence-electron chi connectivity index (χ3n) is 7.03. The van der Waals surface area contributed by atoms with Crippen molar-refractivity contribution in [3.05, 3.63) is 45.8 Å². The van der Waals surface area contributed by atoms with E-state index in [9.17, 15) is 22.8 Å². The molecule has 206 valence electrons. The van der Waals surface area contributed by atoms with Crippen molar-refractivity contribution in [1.82, 2.24) is 14.5 Å². The number of alkyl carbamates (subject to hydrolysis) is 1. The van der Waals surface area contributed by atoms with Gasteiger partial charge in [0.25, 0.3) is 11.8 Å². The number of benzene rings is 1. The first-order chi connectivity index (χ1) is 18.1. The Morgan fingerprint density at radius 1 is 1.05 bits per heavy atom. The van der Waals surface area contributed by atoms with Gasteiger partial charge in [-0.25, -0.2) is 13.2 Å². The smallest absolute Gasteiger partial charge is 0.414 e. The topological polar surface area (TPSA) is 125 Å². The van der Waals surface area contributed by atoms with Crippen LogP contribution in [0.25, 0.3) is 0 Å². The zero-order valence-corrected chi connectivity index (χ0v) is 23.5. The van der Waals surface area contributed by atoms with E-state index >= 15 is 0 Å². The molecule has 2 aromatic rings. The number of hydrogen-bond donors (Lipinski definition) is 2. The van der Waals surface area contributed by atoms with Crippen molar-refractivity contribution >= 4 is 44.3 Å². The van der Waals surface area contributed by atoms with Crippen LogP contribution < -0.4 is 10.6 Å². The summed E-state index contributed by atoms with van der Waals surface area (Å²) in [4.78, 5) is 41.4. The maximum absolute atomic E-state index is 13.1. The van der Waals surface area contributed by atoms with Crippen molar-refractivity contribution in [2.24, 2.45) is 5.92 Å². The lowest BCUT2D eigenvalue weighted by Gasteiger charge is -2.29. The van der Waals surface area contributed by atoms with E-state index in [-0.39, 0.29) is 22.6 Å². The number of fused-ring (bicyclic) bond motifs is 1. The average molecular weight is 563 g/mol. The number of amides is 3. The molecule has 12 heteroatoms. The van der Waals surface area contributed by atoms with E-state index in [2.05, 4.69) is 29.4 Å². The molecule has 1 aromatic heterocycles. The summed E-state index contributed by atoms with van der Waals surface area (Å²) < 4.78 is 32.4. The largest absolute Gasteiger partial charge is 0.450 e. The minimum absolute atomic E-state index is 0.124. The van der Waals surface area contributed by atoms with Crippen LogP contribution in [0, 0.1) is 5.92 Å². The Kier molecular flexibility index (Phi) is 8.86. The van der Waals surface area contributed by atoms with Gasteiger partial charge in [0.2, 0.25) is 10.0 Å². The first kappa shape index (κ1) is 28.2. The highest BCUT2D eigenvalue weighted by Gasteiger charge is 2.30. The second-order valence-corrected chi connectivity index (χ2v) is 12.6. The number of rotatable bonds is 7. The minimum Gasteiger partial charge on any atom is -0.450 e. The predicted molar refractivity (Wildman–Crippen MR) is 145 cm³/mol. The van der Waals surface area contributed by atoms with Gasteiger partial charge in [-0.3, -0.25) is 19.8 Å². The van der Waals surface area contributed by atoms with Gasteiger partial charge >= 0.3 is 6.09 Å². The summed E-state index contributed by atoms with van der Waals surface area (Å²) in [6.45, 7) is 9.19. The molecule has 10 nitrogen and oxygen atoms in total. The maximum atomic E-state index is 13.1. The molecular formula is C26H34N4O6S2. The molecule has 1 saturated heterocycles. The van der Waals surface area contributed by atoms with E-state index in [0.29, 0.717) is 37.0 Å².